The summed E-state index contributed by atoms with van der Waals surface area (Å²) in [5.74, 6) is 0. The first kappa shape index (κ1) is 32.5. The Bertz CT molecular complexity index is 491. The molecule has 0 N–H and O–H groups in total. The molecule has 0 spiro atoms. The molecule has 141 valence electrons. The second-order valence-electron chi connectivity index (χ2n) is 6.24. The summed E-state index contributed by atoms with van der Waals surface area (Å²) >= 11 is 0. The van der Waals surface area contributed by atoms with Gasteiger partial charge in [0, 0.05) is 44.0 Å². The molecular formula is C19H39O2P2Y-. The van der Waals surface area contributed by atoms with Crippen molar-refractivity contribution >= 4 is 14.3 Å². The van der Waals surface area contributed by atoms with Crippen LogP contribution in [0, 0.1) is 7.43 Å². The SMILES string of the molecule is CC.CC.CC(Cc1ccccc1)(CP(C)(C)=O)P(C)(C)=O.[CH3-].[Y]. The van der Waals surface area contributed by atoms with Crippen molar-refractivity contribution in [1.29, 1.82) is 0 Å². The van der Waals surface area contributed by atoms with Gasteiger partial charge in [-0.3, -0.25) is 0 Å². The van der Waals surface area contributed by atoms with Crippen molar-refractivity contribution in [2.45, 2.75) is 46.2 Å². The van der Waals surface area contributed by atoms with Crippen LogP contribution in [-0.2, 0) is 48.3 Å². The van der Waals surface area contributed by atoms with E-state index in [0.29, 0.717) is 6.16 Å². The molecule has 1 rings (SSSR count). The first-order valence-electron chi connectivity index (χ1n) is 8.17. The third-order valence-electron chi connectivity index (χ3n) is 3.45. The molecule has 1 aromatic rings. The topological polar surface area (TPSA) is 34.1 Å². The van der Waals surface area contributed by atoms with Crippen LogP contribution in [0.4, 0.5) is 0 Å². The number of hydrogen-bond donors (Lipinski definition) is 0. The zero-order valence-electron chi connectivity index (χ0n) is 17.6. The third-order valence-corrected chi connectivity index (χ3v) is 8.07. The first-order valence-corrected chi connectivity index (χ1v) is 13.6. The fourth-order valence-corrected chi connectivity index (χ4v) is 6.97. The van der Waals surface area contributed by atoms with Crippen LogP contribution < -0.4 is 0 Å². The van der Waals surface area contributed by atoms with E-state index >= 15 is 0 Å². The summed E-state index contributed by atoms with van der Waals surface area (Å²) in [6.07, 6.45) is 1.27. The molecule has 5 heteroatoms. The molecule has 0 heterocycles. The minimum absolute atomic E-state index is 0. The van der Waals surface area contributed by atoms with Gasteiger partial charge < -0.3 is 16.6 Å². The van der Waals surface area contributed by atoms with Crippen molar-refractivity contribution in [3.05, 3.63) is 43.3 Å². The van der Waals surface area contributed by atoms with E-state index in [1.54, 1.807) is 13.3 Å². The maximum atomic E-state index is 12.6. The minimum atomic E-state index is -2.32. The molecule has 0 aliphatic carbocycles. The minimum Gasteiger partial charge on any atom is -0.358 e. The van der Waals surface area contributed by atoms with Crippen LogP contribution in [-0.4, -0.2) is 38.0 Å². The van der Waals surface area contributed by atoms with Crippen LogP contribution in [0.2, 0.25) is 0 Å². The molecule has 0 fully saturated rings. The Hall–Kier alpha value is 0.784. The quantitative estimate of drug-likeness (QED) is 0.368. The molecule has 2 nitrogen and oxygen atoms in total. The van der Waals surface area contributed by atoms with E-state index in [2.05, 4.69) is 0 Å². The standard InChI is InChI=1S/C14H24O2P2.2C2H6.CH3.Y/c1-14(18(4,5)16,12-17(2,3)15)11-13-9-7-6-8-10-13;2*1-2;;/h6-10H,11-12H2,1-5H3;2*1-2H3;1H3;/q;;;-1;. The van der Waals surface area contributed by atoms with E-state index in [0.717, 1.165) is 12.0 Å². The molecule has 1 atom stereocenters. The Morgan fingerprint density at radius 2 is 1.25 bits per heavy atom. The van der Waals surface area contributed by atoms with Gasteiger partial charge in [0.05, 0.1) is 14.3 Å². The maximum absolute atomic E-state index is 12.6. The molecule has 0 saturated carbocycles. The molecule has 0 saturated heterocycles. The van der Waals surface area contributed by atoms with Crippen LogP contribution in [0.25, 0.3) is 0 Å². The molecule has 1 radical (unpaired) electrons. The Labute approximate surface area is 177 Å². The van der Waals surface area contributed by atoms with Gasteiger partial charge in [-0.05, 0) is 38.6 Å². The van der Waals surface area contributed by atoms with Gasteiger partial charge in [0.2, 0.25) is 0 Å². The summed E-state index contributed by atoms with van der Waals surface area (Å²) in [5.41, 5.74) is 1.16. The Morgan fingerprint density at radius 1 is 0.875 bits per heavy atom. The summed E-state index contributed by atoms with van der Waals surface area (Å²) < 4.78 is 24.7. The fraction of sp³-hybridized carbons (Fsp3) is 0.632. The Morgan fingerprint density at radius 3 is 1.54 bits per heavy atom. The van der Waals surface area contributed by atoms with Crippen molar-refractivity contribution in [2.24, 2.45) is 0 Å². The summed E-state index contributed by atoms with van der Waals surface area (Å²) in [6, 6.07) is 10.0. The van der Waals surface area contributed by atoms with Crippen LogP contribution in [0.5, 0.6) is 0 Å². The van der Waals surface area contributed by atoms with E-state index in [4.69, 9.17) is 0 Å². The van der Waals surface area contributed by atoms with Crippen molar-refractivity contribution < 1.29 is 41.8 Å². The maximum Gasteiger partial charge on any atom is 0.0882 e. The zero-order chi connectivity index (χ0) is 18.0. The van der Waals surface area contributed by atoms with E-state index < -0.39 is 14.3 Å². The Kier molecular flexibility index (Phi) is 20.2. The fourth-order valence-electron chi connectivity index (χ4n) is 2.27. The van der Waals surface area contributed by atoms with E-state index in [1.807, 2.05) is 78.3 Å². The summed E-state index contributed by atoms with van der Waals surface area (Å²) in [5, 5.41) is -0.382. The van der Waals surface area contributed by atoms with Crippen molar-refractivity contribution in [3.63, 3.8) is 0 Å². The van der Waals surface area contributed by atoms with Crippen LogP contribution in [0.3, 0.4) is 0 Å². The van der Waals surface area contributed by atoms with E-state index in [9.17, 15) is 9.13 Å². The summed E-state index contributed by atoms with van der Waals surface area (Å²) in [6.45, 7) is 17.2. The molecule has 0 aromatic heterocycles. The monoisotopic (exact) mass is 450 g/mol. The molecule has 0 bridgehead atoms. The molecule has 0 amide bonds. The zero-order valence-corrected chi connectivity index (χ0v) is 22.2. The third kappa shape index (κ3) is 13.0. The molecule has 1 aromatic carbocycles. The van der Waals surface area contributed by atoms with Gasteiger partial charge in [-0.1, -0.05) is 65.0 Å². The molecule has 0 aliphatic rings. The molecule has 0 aliphatic heterocycles. The molecule has 24 heavy (non-hydrogen) atoms. The summed E-state index contributed by atoms with van der Waals surface area (Å²) in [7, 11) is -4.51. The summed E-state index contributed by atoms with van der Waals surface area (Å²) in [4.78, 5) is 0. The second-order valence-corrected chi connectivity index (χ2v) is 13.5. The normalized spacial score (nSPS) is 12.7. The van der Waals surface area contributed by atoms with Gasteiger partial charge in [0.15, 0.2) is 0 Å². The van der Waals surface area contributed by atoms with E-state index in [1.165, 1.54) is 0 Å². The van der Waals surface area contributed by atoms with Crippen molar-refractivity contribution in [1.82, 2.24) is 0 Å². The smallest absolute Gasteiger partial charge is 0.0882 e. The van der Waals surface area contributed by atoms with Gasteiger partial charge >= 0.3 is 0 Å². The number of hydrogen-bond acceptors (Lipinski definition) is 2. The first-order chi connectivity index (χ1) is 10.0. The van der Waals surface area contributed by atoms with Gasteiger partial charge in [-0.15, -0.1) is 0 Å². The van der Waals surface area contributed by atoms with Gasteiger partial charge in [0.1, 0.15) is 0 Å². The van der Waals surface area contributed by atoms with Crippen molar-refractivity contribution in [2.75, 3.05) is 32.8 Å². The molecular weight excluding hydrogens is 411 g/mol. The number of benzene rings is 1. The van der Waals surface area contributed by atoms with Gasteiger partial charge in [0.25, 0.3) is 0 Å². The van der Waals surface area contributed by atoms with Gasteiger partial charge in [-0.2, -0.15) is 0 Å². The average molecular weight is 450 g/mol. The largest absolute Gasteiger partial charge is 0.358 e. The number of rotatable bonds is 5. The Balaban J connectivity index is -0.000000309. The van der Waals surface area contributed by atoms with Crippen LogP contribution in [0.1, 0.15) is 40.2 Å². The predicted molar refractivity (Wildman–Crippen MR) is 111 cm³/mol. The van der Waals surface area contributed by atoms with Gasteiger partial charge in [-0.25, -0.2) is 0 Å². The van der Waals surface area contributed by atoms with Crippen molar-refractivity contribution in [3.8, 4) is 0 Å². The molecule has 1 unspecified atom stereocenters. The predicted octanol–water partition coefficient (Wildman–Crippen LogP) is 6.73. The van der Waals surface area contributed by atoms with Crippen LogP contribution >= 0.6 is 14.3 Å². The van der Waals surface area contributed by atoms with E-state index in [-0.39, 0.29) is 45.3 Å². The average Bonchev–Trinajstić information content (AvgIpc) is 2.41. The van der Waals surface area contributed by atoms with Crippen LogP contribution in [0.15, 0.2) is 30.3 Å². The second kappa shape index (κ2) is 14.9.